The molecule has 0 aliphatic rings. The Morgan fingerprint density at radius 2 is 2.19 bits per heavy atom. The van der Waals surface area contributed by atoms with Crippen LogP contribution in [0.15, 0.2) is 24.5 Å². The fourth-order valence-electron chi connectivity index (χ4n) is 1.05. The normalized spacial score (nSPS) is 11.0. The molecule has 0 saturated heterocycles. The van der Waals surface area contributed by atoms with E-state index in [4.69, 9.17) is 5.73 Å². The van der Waals surface area contributed by atoms with Gasteiger partial charge in [0.1, 0.15) is 0 Å². The number of nitrogens with one attached hydrogen (secondary N) is 1. The maximum atomic E-state index is 11.1. The first-order chi connectivity index (χ1) is 7.65. The van der Waals surface area contributed by atoms with E-state index in [1.807, 2.05) is 12.1 Å². The van der Waals surface area contributed by atoms with Crippen molar-refractivity contribution in [1.82, 2.24) is 10.3 Å². The van der Waals surface area contributed by atoms with Crippen LogP contribution in [-0.4, -0.2) is 24.0 Å². The lowest BCUT2D eigenvalue weighted by Gasteiger charge is -2.08. The Labute approximate surface area is 97.3 Å². The molecule has 1 unspecified atom stereocenters. The van der Waals surface area contributed by atoms with Gasteiger partial charge in [-0.15, -0.1) is 0 Å². The Hall–Kier alpha value is -1.42. The lowest BCUT2D eigenvalue weighted by molar-refractivity contribution is -0.121. The third-order valence-electron chi connectivity index (χ3n) is 1.76. The van der Waals surface area contributed by atoms with Gasteiger partial charge in [0.05, 0.1) is 6.04 Å². The Morgan fingerprint density at radius 1 is 1.56 bits per heavy atom. The van der Waals surface area contributed by atoms with Crippen LogP contribution in [0.1, 0.15) is 25.8 Å². The van der Waals surface area contributed by atoms with Gasteiger partial charge in [-0.05, 0) is 18.1 Å². The first kappa shape index (κ1) is 14.6. The van der Waals surface area contributed by atoms with E-state index in [1.165, 1.54) is 6.42 Å². The van der Waals surface area contributed by atoms with Gasteiger partial charge in [-0.2, -0.15) is 0 Å². The highest BCUT2D eigenvalue weighted by Gasteiger charge is 2.11. The molecule has 1 atom stereocenters. The van der Waals surface area contributed by atoms with Gasteiger partial charge < -0.3 is 11.1 Å². The molecule has 1 heterocycles. The fraction of sp³-hybridized carbons (Fsp3) is 0.500. The van der Waals surface area contributed by atoms with Crippen molar-refractivity contribution in [1.29, 1.82) is 0 Å². The molecule has 1 aromatic rings. The van der Waals surface area contributed by atoms with Gasteiger partial charge in [-0.25, -0.2) is 0 Å². The summed E-state index contributed by atoms with van der Waals surface area (Å²) in [5.74, 6) is -0.149. The minimum Gasteiger partial charge on any atom is -0.358 e. The van der Waals surface area contributed by atoms with Crippen LogP contribution in [0.25, 0.3) is 0 Å². The highest BCUT2D eigenvalue weighted by Crippen LogP contribution is 1.99. The zero-order chi connectivity index (χ0) is 12.4. The molecule has 16 heavy (non-hydrogen) atoms. The number of likely N-dealkylation sites (N-methyl/N-ethyl adjacent to an activating group) is 1. The SMILES string of the molecule is CCC.CNC(=O)C(N)Cc1cccnc1. The molecule has 1 aromatic heterocycles. The van der Waals surface area contributed by atoms with Gasteiger partial charge in [0, 0.05) is 19.4 Å². The summed E-state index contributed by atoms with van der Waals surface area (Å²) < 4.78 is 0. The average molecular weight is 223 g/mol. The van der Waals surface area contributed by atoms with Gasteiger partial charge in [-0.3, -0.25) is 9.78 Å². The van der Waals surface area contributed by atoms with Crippen molar-refractivity contribution in [3.63, 3.8) is 0 Å². The zero-order valence-electron chi connectivity index (χ0n) is 10.2. The molecule has 0 radical (unpaired) electrons. The molecule has 1 amide bonds. The van der Waals surface area contributed by atoms with Crippen molar-refractivity contribution < 1.29 is 4.79 Å². The van der Waals surface area contributed by atoms with E-state index in [0.29, 0.717) is 6.42 Å². The number of carbonyl (C=O) groups excluding carboxylic acids is 1. The van der Waals surface area contributed by atoms with Crippen molar-refractivity contribution in [2.24, 2.45) is 5.73 Å². The minimum atomic E-state index is -0.491. The Morgan fingerprint density at radius 3 is 2.62 bits per heavy atom. The number of nitrogens with two attached hydrogens (primary N) is 1. The largest absolute Gasteiger partial charge is 0.358 e. The molecule has 0 bridgehead atoms. The van der Waals surface area contributed by atoms with Crippen LogP contribution in [0.2, 0.25) is 0 Å². The molecule has 0 aromatic carbocycles. The monoisotopic (exact) mass is 223 g/mol. The van der Waals surface area contributed by atoms with E-state index in [2.05, 4.69) is 24.1 Å². The second-order valence-electron chi connectivity index (χ2n) is 3.49. The second-order valence-corrected chi connectivity index (χ2v) is 3.49. The van der Waals surface area contributed by atoms with Crippen molar-refractivity contribution in [3.05, 3.63) is 30.1 Å². The Kier molecular flexibility index (Phi) is 8.07. The third kappa shape index (κ3) is 6.14. The predicted octanol–water partition coefficient (Wildman–Crippen LogP) is 1.11. The van der Waals surface area contributed by atoms with E-state index >= 15 is 0 Å². The molecular weight excluding hydrogens is 202 g/mol. The van der Waals surface area contributed by atoms with E-state index < -0.39 is 6.04 Å². The summed E-state index contributed by atoms with van der Waals surface area (Å²) in [5.41, 5.74) is 6.59. The van der Waals surface area contributed by atoms with Gasteiger partial charge in [0.15, 0.2) is 0 Å². The number of nitrogens with zero attached hydrogens (tertiary/aromatic N) is 1. The summed E-state index contributed by atoms with van der Waals surface area (Å²) in [6.07, 6.45) is 5.17. The van der Waals surface area contributed by atoms with Crippen molar-refractivity contribution >= 4 is 5.91 Å². The highest BCUT2D eigenvalue weighted by molar-refractivity contribution is 5.81. The fourth-order valence-corrected chi connectivity index (χ4v) is 1.05. The first-order valence-electron chi connectivity index (χ1n) is 5.51. The lowest BCUT2D eigenvalue weighted by Crippen LogP contribution is -2.40. The van der Waals surface area contributed by atoms with Crippen LogP contribution in [0.5, 0.6) is 0 Å². The van der Waals surface area contributed by atoms with Crippen molar-refractivity contribution in [3.8, 4) is 0 Å². The van der Waals surface area contributed by atoms with Crippen LogP contribution in [0.3, 0.4) is 0 Å². The molecule has 4 nitrogen and oxygen atoms in total. The lowest BCUT2D eigenvalue weighted by atomic mass is 10.1. The summed E-state index contributed by atoms with van der Waals surface area (Å²) in [6.45, 7) is 4.25. The zero-order valence-corrected chi connectivity index (χ0v) is 10.2. The molecule has 1 rings (SSSR count). The van der Waals surface area contributed by atoms with Crippen LogP contribution in [0, 0.1) is 0 Å². The number of hydrogen-bond donors (Lipinski definition) is 2. The van der Waals surface area contributed by atoms with E-state index in [1.54, 1.807) is 19.4 Å². The standard InChI is InChI=1S/C9H13N3O.C3H8/c1-11-9(13)8(10)5-7-3-2-4-12-6-7;1-3-2/h2-4,6,8H,5,10H2,1H3,(H,11,13);3H2,1-2H3. The van der Waals surface area contributed by atoms with Crippen molar-refractivity contribution in [2.45, 2.75) is 32.7 Å². The Bertz CT molecular complexity index is 288. The topological polar surface area (TPSA) is 68.0 Å². The number of hydrogen-bond acceptors (Lipinski definition) is 3. The highest BCUT2D eigenvalue weighted by atomic mass is 16.2. The molecule has 3 N–H and O–H groups in total. The van der Waals surface area contributed by atoms with E-state index in [-0.39, 0.29) is 5.91 Å². The van der Waals surface area contributed by atoms with E-state index in [9.17, 15) is 4.79 Å². The molecular formula is C12H21N3O. The van der Waals surface area contributed by atoms with Gasteiger partial charge >= 0.3 is 0 Å². The summed E-state index contributed by atoms with van der Waals surface area (Å²) in [7, 11) is 1.57. The Balaban J connectivity index is 0.000000673. The number of amides is 1. The molecule has 0 spiro atoms. The number of carbonyl (C=O) groups is 1. The summed E-state index contributed by atoms with van der Waals surface area (Å²) in [6, 6.07) is 3.23. The number of aromatic nitrogens is 1. The predicted molar refractivity (Wildman–Crippen MR) is 65.9 cm³/mol. The summed E-state index contributed by atoms with van der Waals surface area (Å²) in [4.78, 5) is 15.0. The smallest absolute Gasteiger partial charge is 0.237 e. The molecule has 0 fully saturated rings. The minimum absolute atomic E-state index is 0.149. The van der Waals surface area contributed by atoms with Crippen molar-refractivity contribution in [2.75, 3.05) is 7.05 Å². The number of rotatable bonds is 3. The molecule has 0 aliphatic heterocycles. The van der Waals surface area contributed by atoms with Crippen LogP contribution in [-0.2, 0) is 11.2 Å². The van der Waals surface area contributed by atoms with Crippen LogP contribution < -0.4 is 11.1 Å². The number of pyridine rings is 1. The molecule has 90 valence electrons. The molecule has 4 heteroatoms. The second kappa shape index (κ2) is 8.85. The van der Waals surface area contributed by atoms with Crippen LogP contribution in [0.4, 0.5) is 0 Å². The van der Waals surface area contributed by atoms with Gasteiger partial charge in [0.25, 0.3) is 0 Å². The maximum absolute atomic E-state index is 11.1. The van der Waals surface area contributed by atoms with Crippen LogP contribution >= 0.6 is 0 Å². The average Bonchev–Trinajstić information content (AvgIpc) is 2.30. The quantitative estimate of drug-likeness (QED) is 0.806. The third-order valence-corrected chi connectivity index (χ3v) is 1.76. The summed E-state index contributed by atoms with van der Waals surface area (Å²) >= 11 is 0. The molecule has 0 aliphatic carbocycles. The van der Waals surface area contributed by atoms with Gasteiger partial charge in [0.2, 0.25) is 5.91 Å². The maximum Gasteiger partial charge on any atom is 0.237 e. The van der Waals surface area contributed by atoms with Gasteiger partial charge in [-0.1, -0.05) is 26.3 Å². The summed E-state index contributed by atoms with van der Waals surface area (Å²) in [5, 5.41) is 2.50. The molecule has 0 saturated carbocycles. The van der Waals surface area contributed by atoms with E-state index in [0.717, 1.165) is 5.56 Å². The first-order valence-corrected chi connectivity index (χ1v) is 5.51.